The summed E-state index contributed by atoms with van der Waals surface area (Å²) in [5.41, 5.74) is 0.541. The number of aryl methyl sites for hydroxylation is 1. The molecule has 1 atom stereocenters. The highest BCUT2D eigenvalue weighted by Gasteiger charge is 2.03. The van der Waals surface area contributed by atoms with E-state index in [1.807, 2.05) is 0 Å². The molecule has 0 saturated heterocycles. The fourth-order valence-electron chi connectivity index (χ4n) is 1.06. The minimum absolute atomic E-state index is 0.0500. The van der Waals surface area contributed by atoms with E-state index in [9.17, 15) is 9.18 Å². The number of nitrogens with zero attached hydrogens (tertiary/aromatic N) is 1. The van der Waals surface area contributed by atoms with Crippen molar-refractivity contribution in [3.8, 4) is 0 Å². The fraction of sp³-hybridized carbons (Fsp3) is 0.444. The van der Waals surface area contributed by atoms with Gasteiger partial charge in [-0.05, 0) is 6.92 Å². The Hall–Kier alpha value is -1.16. The normalized spacial score (nSPS) is 12.8. The zero-order chi connectivity index (χ0) is 9.84. The number of hydrogen-bond donors (Lipinski definition) is 1. The third kappa shape index (κ3) is 2.66. The monoisotopic (exact) mass is 185 g/mol. The summed E-state index contributed by atoms with van der Waals surface area (Å²) in [5, 5.41) is 9.00. The summed E-state index contributed by atoms with van der Waals surface area (Å²) in [6.45, 7) is 1.09. The van der Waals surface area contributed by atoms with Crippen LogP contribution in [-0.4, -0.2) is 22.5 Å². The van der Waals surface area contributed by atoms with Gasteiger partial charge in [0.1, 0.15) is 12.8 Å². The first-order valence-corrected chi connectivity index (χ1v) is 4.04. The molecule has 1 rings (SSSR count). The predicted octanol–water partition coefficient (Wildman–Crippen LogP) is 0.487. The molecule has 0 bridgehead atoms. The molecule has 1 N–H and O–H groups in total. The Labute approximate surface area is 75.4 Å². The Morgan fingerprint density at radius 1 is 1.69 bits per heavy atom. The zero-order valence-corrected chi connectivity index (χ0v) is 7.40. The van der Waals surface area contributed by atoms with Crippen LogP contribution < -0.4 is 5.43 Å². The molecule has 0 aromatic carbocycles. The molecule has 0 amide bonds. The summed E-state index contributed by atoms with van der Waals surface area (Å²) in [6.07, 6.45) is 2.14. The number of aromatic nitrogens is 1. The van der Waals surface area contributed by atoms with E-state index in [0.717, 1.165) is 0 Å². The lowest BCUT2D eigenvalue weighted by Crippen LogP contribution is -2.19. The highest BCUT2D eigenvalue weighted by atomic mass is 19.1. The molecule has 1 unspecified atom stereocenters. The van der Waals surface area contributed by atoms with Crippen LogP contribution in [-0.2, 0) is 6.54 Å². The first kappa shape index (κ1) is 9.92. The lowest BCUT2D eigenvalue weighted by Gasteiger charge is -2.09. The summed E-state index contributed by atoms with van der Waals surface area (Å²) in [4.78, 5) is 11.0. The van der Waals surface area contributed by atoms with Crippen LogP contribution >= 0.6 is 0 Å². The van der Waals surface area contributed by atoms with Crippen molar-refractivity contribution in [3.63, 3.8) is 0 Å². The van der Waals surface area contributed by atoms with Crippen LogP contribution in [0.4, 0.5) is 4.39 Å². The Kier molecular flexibility index (Phi) is 3.19. The fourth-order valence-corrected chi connectivity index (χ4v) is 1.06. The molecule has 0 radical (unpaired) electrons. The molecule has 1 aromatic rings. The predicted molar refractivity (Wildman–Crippen MR) is 47.4 cm³/mol. The van der Waals surface area contributed by atoms with Gasteiger partial charge in [-0.15, -0.1) is 0 Å². The number of rotatable bonds is 3. The van der Waals surface area contributed by atoms with Crippen LogP contribution in [0.1, 0.15) is 5.56 Å². The molecule has 72 valence electrons. The quantitative estimate of drug-likeness (QED) is 0.744. The van der Waals surface area contributed by atoms with E-state index < -0.39 is 12.8 Å². The maximum Gasteiger partial charge on any atom is 0.184 e. The lowest BCUT2D eigenvalue weighted by atomic mass is 10.3. The van der Waals surface area contributed by atoms with Crippen molar-refractivity contribution in [2.45, 2.75) is 19.6 Å². The van der Waals surface area contributed by atoms with Gasteiger partial charge >= 0.3 is 0 Å². The van der Waals surface area contributed by atoms with Crippen LogP contribution in [0, 0.1) is 6.92 Å². The van der Waals surface area contributed by atoms with Gasteiger partial charge in [0.2, 0.25) is 0 Å². The Bertz CT molecular complexity index is 335. The summed E-state index contributed by atoms with van der Waals surface area (Å²) >= 11 is 0. The van der Waals surface area contributed by atoms with Crippen molar-refractivity contribution in [3.05, 3.63) is 34.2 Å². The lowest BCUT2D eigenvalue weighted by molar-refractivity contribution is 0.122. The number of halogens is 1. The van der Waals surface area contributed by atoms with Crippen molar-refractivity contribution in [1.82, 2.24) is 4.57 Å². The Balaban J connectivity index is 2.79. The van der Waals surface area contributed by atoms with E-state index in [1.165, 1.54) is 12.3 Å². The average molecular weight is 185 g/mol. The van der Waals surface area contributed by atoms with Crippen molar-refractivity contribution in [2.75, 3.05) is 6.67 Å². The van der Waals surface area contributed by atoms with Crippen molar-refractivity contribution >= 4 is 0 Å². The number of aliphatic hydroxyl groups excluding tert-OH is 1. The molecule has 4 heteroatoms. The summed E-state index contributed by atoms with van der Waals surface area (Å²) in [5.74, 6) is 0. The standard InChI is InChI=1S/C9H12FNO2/c1-7-5-11(3-2-9(7)13)6-8(12)4-10/h2-3,5,8,12H,4,6H2,1H3. The second-order valence-corrected chi connectivity index (χ2v) is 3.00. The molecule has 0 saturated carbocycles. The van der Waals surface area contributed by atoms with Gasteiger partial charge in [0, 0.05) is 24.0 Å². The summed E-state index contributed by atoms with van der Waals surface area (Å²) in [6, 6.07) is 1.40. The Morgan fingerprint density at radius 3 is 2.92 bits per heavy atom. The van der Waals surface area contributed by atoms with Crippen molar-refractivity contribution in [1.29, 1.82) is 0 Å². The molecule has 1 aromatic heterocycles. The molecule has 0 spiro atoms. The molecular formula is C9H12FNO2. The topological polar surface area (TPSA) is 42.2 Å². The molecular weight excluding hydrogens is 173 g/mol. The third-order valence-electron chi connectivity index (χ3n) is 1.77. The van der Waals surface area contributed by atoms with Gasteiger partial charge in [-0.3, -0.25) is 4.79 Å². The van der Waals surface area contributed by atoms with Gasteiger partial charge in [0.15, 0.2) is 5.43 Å². The molecule has 0 aliphatic rings. The van der Waals surface area contributed by atoms with Crippen LogP contribution in [0.15, 0.2) is 23.3 Å². The van der Waals surface area contributed by atoms with Crippen LogP contribution in [0.3, 0.4) is 0 Å². The maximum absolute atomic E-state index is 11.9. The molecule has 13 heavy (non-hydrogen) atoms. The SMILES string of the molecule is Cc1cn(CC(O)CF)ccc1=O. The van der Waals surface area contributed by atoms with Crippen molar-refractivity contribution < 1.29 is 9.50 Å². The number of pyridine rings is 1. The average Bonchev–Trinajstić information content (AvgIpc) is 2.11. The van der Waals surface area contributed by atoms with Gasteiger partial charge in [0.05, 0.1) is 6.54 Å². The second kappa shape index (κ2) is 4.18. The van der Waals surface area contributed by atoms with E-state index in [1.54, 1.807) is 17.7 Å². The van der Waals surface area contributed by atoms with E-state index in [-0.39, 0.29) is 12.0 Å². The second-order valence-electron chi connectivity index (χ2n) is 3.00. The van der Waals surface area contributed by atoms with Gasteiger partial charge < -0.3 is 9.67 Å². The van der Waals surface area contributed by atoms with E-state index in [4.69, 9.17) is 5.11 Å². The molecule has 3 nitrogen and oxygen atoms in total. The van der Waals surface area contributed by atoms with E-state index in [2.05, 4.69) is 0 Å². The minimum Gasteiger partial charge on any atom is -0.389 e. The highest BCUT2D eigenvalue weighted by Crippen LogP contribution is 1.94. The maximum atomic E-state index is 11.9. The van der Waals surface area contributed by atoms with Crippen LogP contribution in [0.5, 0.6) is 0 Å². The smallest absolute Gasteiger partial charge is 0.184 e. The highest BCUT2D eigenvalue weighted by molar-refractivity contribution is 5.07. The third-order valence-corrected chi connectivity index (χ3v) is 1.77. The number of alkyl halides is 1. The van der Waals surface area contributed by atoms with Gasteiger partial charge in [-0.25, -0.2) is 4.39 Å². The van der Waals surface area contributed by atoms with Crippen LogP contribution in [0.2, 0.25) is 0 Å². The number of aliphatic hydroxyl groups is 1. The molecule has 0 fully saturated rings. The minimum atomic E-state index is -0.998. The summed E-state index contributed by atoms with van der Waals surface area (Å²) in [7, 11) is 0. The largest absolute Gasteiger partial charge is 0.389 e. The molecule has 0 aliphatic carbocycles. The Morgan fingerprint density at radius 2 is 2.38 bits per heavy atom. The first-order valence-electron chi connectivity index (χ1n) is 4.04. The van der Waals surface area contributed by atoms with Crippen molar-refractivity contribution in [2.24, 2.45) is 0 Å². The zero-order valence-electron chi connectivity index (χ0n) is 7.40. The van der Waals surface area contributed by atoms with Gasteiger partial charge in [0.25, 0.3) is 0 Å². The van der Waals surface area contributed by atoms with E-state index >= 15 is 0 Å². The van der Waals surface area contributed by atoms with E-state index in [0.29, 0.717) is 5.56 Å². The molecule has 1 heterocycles. The first-order chi connectivity index (χ1) is 6.13. The van der Waals surface area contributed by atoms with Crippen LogP contribution in [0.25, 0.3) is 0 Å². The summed E-state index contributed by atoms with van der Waals surface area (Å²) < 4.78 is 13.5. The number of hydrogen-bond acceptors (Lipinski definition) is 2. The van der Waals surface area contributed by atoms with Gasteiger partial charge in [-0.2, -0.15) is 0 Å². The van der Waals surface area contributed by atoms with Gasteiger partial charge in [-0.1, -0.05) is 0 Å². The molecule has 0 aliphatic heterocycles.